The fourth-order valence-electron chi connectivity index (χ4n) is 1.50. The van der Waals surface area contributed by atoms with Crippen molar-refractivity contribution in [3.63, 3.8) is 0 Å². The molecule has 0 radical (unpaired) electrons. The number of rotatable bonds is 4. The Bertz CT molecular complexity index is 746. The van der Waals surface area contributed by atoms with Crippen LogP contribution in [0.15, 0.2) is 10.5 Å². The largest absolute Gasteiger partial charge is 0.465 e. The third-order valence-corrected chi connectivity index (χ3v) is 3.77. The summed E-state index contributed by atoms with van der Waals surface area (Å²) in [5.41, 5.74) is -1.49. The topological polar surface area (TPSA) is 93.7 Å². The maximum Gasteiger partial charge on any atom is 0.387 e. The van der Waals surface area contributed by atoms with E-state index in [1.54, 1.807) is 5.32 Å². The van der Waals surface area contributed by atoms with E-state index in [0.717, 1.165) is 7.11 Å². The molecule has 0 fully saturated rings. The van der Waals surface area contributed by atoms with Crippen molar-refractivity contribution in [2.75, 3.05) is 12.4 Å². The molecular formula is C12H7BrCl3F3N2O5. The van der Waals surface area contributed by atoms with E-state index < -0.39 is 55.6 Å². The third kappa shape index (κ3) is 5.79. The highest BCUT2D eigenvalue weighted by atomic mass is 79.9. The summed E-state index contributed by atoms with van der Waals surface area (Å²) >= 11 is 18.4. The van der Waals surface area contributed by atoms with Crippen LogP contribution in [-0.2, 0) is 9.53 Å². The number of urea groups is 1. The molecule has 14 heteroatoms. The first kappa shape index (κ1) is 22.6. The smallest absolute Gasteiger partial charge is 0.387 e. The van der Waals surface area contributed by atoms with Crippen LogP contribution in [0.1, 0.15) is 10.4 Å². The first-order valence-corrected chi connectivity index (χ1v) is 8.05. The van der Waals surface area contributed by atoms with Gasteiger partial charge in [0.05, 0.1) is 22.8 Å². The minimum atomic E-state index is -3.32. The Kier molecular flexibility index (Phi) is 7.81. The average Bonchev–Trinajstić information content (AvgIpc) is 2.52. The number of esters is 1. The Morgan fingerprint density at radius 2 is 1.85 bits per heavy atom. The van der Waals surface area contributed by atoms with Gasteiger partial charge in [-0.1, -0.05) is 34.8 Å². The number of nitrogens with one attached hydrogen (secondary N) is 2. The Balaban J connectivity index is 3.28. The number of hydrogen-bond donors (Lipinski definition) is 2. The first-order chi connectivity index (χ1) is 11.9. The molecule has 0 heterocycles. The van der Waals surface area contributed by atoms with Gasteiger partial charge in [0.15, 0.2) is 5.82 Å². The van der Waals surface area contributed by atoms with Gasteiger partial charge in [-0.15, -0.1) is 0 Å². The van der Waals surface area contributed by atoms with Crippen molar-refractivity contribution in [3.05, 3.63) is 21.9 Å². The van der Waals surface area contributed by atoms with Crippen LogP contribution in [0.25, 0.3) is 0 Å². The molecule has 1 aromatic carbocycles. The van der Waals surface area contributed by atoms with Crippen molar-refractivity contribution in [2.24, 2.45) is 0 Å². The first-order valence-electron chi connectivity index (χ1n) is 6.12. The molecule has 0 saturated heterocycles. The molecule has 2 N–H and O–H groups in total. The number of alkyl halides is 5. The van der Waals surface area contributed by atoms with E-state index in [9.17, 15) is 27.6 Å². The highest BCUT2D eigenvalue weighted by molar-refractivity contribution is 9.10. The van der Waals surface area contributed by atoms with Gasteiger partial charge in [-0.2, -0.15) is 8.78 Å². The quantitative estimate of drug-likeness (QED) is 0.480. The zero-order chi connectivity index (χ0) is 20.2. The summed E-state index contributed by atoms with van der Waals surface area (Å²) in [5, 5.41) is 3.40. The normalized spacial score (nSPS) is 11.1. The van der Waals surface area contributed by atoms with Gasteiger partial charge in [0.25, 0.3) is 9.70 Å². The van der Waals surface area contributed by atoms with E-state index >= 15 is 0 Å². The highest BCUT2D eigenvalue weighted by Gasteiger charge is 2.33. The molecule has 7 nitrogen and oxygen atoms in total. The summed E-state index contributed by atoms with van der Waals surface area (Å²) < 4.78 is 44.5. The Morgan fingerprint density at radius 1 is 1.27 bits per heavy atom. The fourth-order valence-corrected chi connectivity index (χ4v) is 2.04. The minimum Gasteiger partial charge on any atom is -0.465 e. The molecule has 1 aromatic rings. The summed E-state index contributed by atoms with van der Waals surface area (Å²) in [6.07, 6.45) is 0. The van der Waals surface area contributed by atoms with E-state index in [2.05, 4.69) is 25.4 Å². The number of carbonyl (C=O) groups is 3. The summed E-state index contributed by atoms with van der Waals surface area (Å²) in [5.74, 6) is -4.66. The van der Waals surface area contributed by atoms with Crippen molar-refractivity contribution in [2.45, 2.75) is 10.4 Å². The van der Waals surface area contributed by atoms with E-state index in [1.165, 1.54) is 0 Å². The van der Waals surface area contributed by atoms with Gasteiger partial charge in [0.2, 0.25) is 0 Å². The highest BCUT2D eigenvalue weighted by Crippen LogP contribution is 2.37. The second-order valence-corrected chi connectivity index (χ2v) is 7.28. The lowest BCUT2D eigenvalue weighted by Crippen LogP contribution is -2.41. The van der Waals surface area contributed by atoms with Crippen LogP contribution in [0.4, 0.5) is 23.7 Å². The molecule has 0 aliphatic heterocycles. The molecule has 0 aliphatic rings. The van der Waals surface area contributed by atoms with Gasteiger partial charge in [0, 0.05) is 0 Å². The molecule has 0 atom stereocenters. The molecule has 26 heavy (non-hydrogen) atoms. The van der Waals surface area contributed by atoms with Crippen LogP contribution in [0.5, 0.6) is 5.75 Å². The van der Waals surface area contributed by atoms with Crippen LogP contribution >= 0.6 is 50.7 Å². The van der Waals surface area contributed by atoms with E-state index in [0.29, 0.717) is 6.07 Å². The van der Waals surface area contributed by atoms with Gasteiger partial charge in [-0.25, -0.2) is 14.0 Å². The van der Waals surface area contributed by atoms with Crippen LogP contribution in [-0.4, -0.2) is 35.4 Å². The summed E-state index contributed by atoms with van der Waals surface area (Å²) in [6, 6.07) is -0.683. The van der Waals surface area contributed by atoms with Gasteiger partial charge < -0.3 is 14.8 Å². The predicted octanol–water partition coefficient (Wildman–Crippen LogP) is 3.99. The van der Waals surface area contributed by atoms with E-state index in [-0.39, 0.29) is 0 Å². The lowest BCUT2D eigenvalue weighted by Gasteiger charge is -2.16. The number of benzene rings is 1. The number of methoxy groups -OCH3 is 1. The number of ether oxygens (including phenoxy) is 2. The number of halogens is 7. The monoisotopic (exact) mass is 500 g/mol. The maximum absolute atomic E-state index is 14.4. The Morgan fingerprint density at radius 3 is 2.31 bits per heavy atom. The van der Waals surface area contributed by atoms with Crippen molar-refractivity contribution < 1.29 is 37.0 Å². The predicted molar refractivity (Wildman–Crippen MR) is 89.5 cm³/mol. The molecule has 0 spiro atoms. The van der Waals surface area contributed by atoms with Gasteiger partial charge >= 0.3 is 18.6 Å². The van der Waals surface area contributed by atoms with Crippen molar-refractivity contribution >= 4 is 74.3 Å². The van der Waals surface area contributed by atoms with Gasteiger partial charge in [-0.05, 0) is 22.0 Å². The van der Waals surface area contributed by atoms with Crippen molar-refractivity contribution in [1.29, 1.82) is 0 Å². The van der Waals surface area contributed by atoms with Crippen LogP contribution in [0.2, 0.25) is 0 Å². The third-order valence-electron chi connectivity index (χ3n) is 2.52. The maximum atomic E-state index is 14.4. The standard InChI is InChI=1S/C12H7BrCl3F3N2O5/c1-25-8(22)3-2-4(26-10(18)19)5(13)6(17)7(3)20-11(24)21-9(23)12(14,15)16/h2,10H,1H3,(H2,20,21,23,24). The Labute approximate surface area is 167 Å². The fraction of sp³-hybridized carbons (Fsp3) is 0.250. The molecule has 3 amide bonds. The lowest BCUT2D eigenvalue weighted by atomic mass is 10.1. The number of hydrogen-bond acceptors (Lipinski definition) is 5. The molecule has 1 rings (SSSR count). The van der Waals surface area contributed by atoms with Crippen molar-refractivity contribution in [1.82, 2.24) is 5.32 Å². The van der Waals surface area contributed by atoms with Crippen LogP contribution in [0, 0.1) is 5.82 Å². The summed E-state index contributed by atoms with van der Waals surface area (Å²) in [7, 11) is 0.923. The number of imide groups is 1. The minimum absolute atomic E-state index is 0.631. The molecule has 0 bridgehead atoms. The zero-order valence-corrected chi connectivity index (χ0v) is 16.2. The van der Waals surface area contributed by atoms with Crippen LogP contribution in [0.3, 0.4) is 0 Å². The van der Waals surface area contributed by atoms with E-state index in [1.807, 2.05) is 5.32 Å². The van der Waals surface area contributed by atoms with E-state index in [4.69, 9.17) is 34.8 Å². The second-order valence-electron chi connectivity index (χ2n) is 4.20. The average molecular weight is 502 g/mol. The molecule has 0 aliphatic carbocycles. The zero-order valence-electron chi connectivity index (χ0n) is 12.3. The lowest BCUT2D eigenvalue weighted by molar-refractivity contribution is -0.119. The summed E-state index contributed by atoms with van der Waals surface area (Å²) in [4.78, 5) is 34.9. The molecule has 0 aromatic heterocycles. The number of amides is 3. The molecular weight excluding hydrogens is 495 g/mol. The van der Waals surface area contributed by atoms with Crippen LogP contribution < -0.4 is 15.4 Å². The number of carbonyl (C=O) groups excluding carboxylic acids is 3. The number of anilines is 1. The van der Waals surface area contributed by atoms with Crippen molar-refractivity contribution in [3.8, 4) is 5.75 Å². The van der Waals surface area contributed by atoms with Gasteiger partial charge in [-0.3, -0.25) is 10.1 Å². The SMILES string of the molecule is COC(=O)c1cc(OC(F)F)c(Br)c(F)c1NC(=O)NC(=O)C(Cl)(Cl)Cl. The van der Waals surface area contributed by atoms with Gasteiger partial charge in [0.1, 0.15) is 5.75 Å². The second kappa shape index (κ2) is 8.98. The molecule has 0 saturated carbocycles. The molecule has 144 valence electrons. The Hall–Kier alpha value is -1.43. The molecule has 0 unspecified atom stereocenters. The summed E-state index contributed by atoms with van der Waals surface area (Å²) in [6.45, 7) is -3.32.